The predicted molar refractivity (Wildman–Crippen MR) is 391 cm³/mol. The molecule has 0 fully saturated rings. The monoisotopic (exact) mass is 1410 g/mol. The largest absolute Gasteiger partial charge is 0.472 e. The summed E-state index contributed by atoms with van der Waals surface area (Å²) in [6, 6.07) is 0. The first-order chi connectivity index (χ1) is 46.1. The van der Waals surface area contributed by atoms with Crippen LogP contribution in [-0.2, 0) is 65.4 Å². The van der Waals surface area contributed by atoms with Gasteiger partial charge in [-0.05, 0) is 49.4 Å². The molecule has 0 aromatic heterocycles. The minimum Gasteiger partial charge on any atom is -0.462 e. The van der Waals surface area contributed by atoms with Crippen LogP contribution in [0.4, 0.5) is 0 Å². The number of rotatable bonds is 74. The van der Waals surface area contributed by atoms with Crippen molar-refractivity contribution >= 4 is 39.5 Å². The molecule has 3 N–H and O–H groups in total. The molecule has 0 aliphatic rings. The highest BCUT2D eigenvalue weighted by molar-refractivity contribution is 7.47. The number of carbonyl (C=O) groups is 4. The van der Waals surface area contributed by atoms with E-state index in [9.17, 15) is 43.2 Å². The number of phosphoric acid groups is 2. The summed E-state index contributed by atoms with van der Waals surface area (Å²) in [5, 5.41) is 10.6. The van der Waals surface area contributed by atoms with E-state index in [0.717, 1.165) is 114 Å². The maximum atomic E-state index is 13.1. The minimum absolute atomic E-state index is 0.104. The number of phosphoric ester groups is 2. The van der Waals surface area contributed by atoms with Crippen molar-refractivity contribution in [1.29, 1.82) is 0 Å². The third kappa shape index (κ3) is 69.2. The summed E-state index contributed by atoms with van der Waals surface area (Å²) in [7, 11) is -9.91. The summed E-state index contributed by atoms with van der Waals surface area (Å²) in [5.41, 5.74) is 0. The van der Waals surface area contributed by atoms with E-state index in [1.54, 1.807) is 0 Å². The number of unbranched alkanes of at least 4 members (excludes halogenated alkanes) is 39. The second-order valence-electron chi connectivity index (χ2n) is 29.4. The number of hydrogen-bond donors (Lipinski definition) is 3. The number of carbonyl (C=O) groups excluding carboxylic acids is 4. The van der Waals surface area contributed by atoms with E-state index in [2.05, 4.69) is 55.4 Å². The van der Waals surface area contributed by atoms with E-state index in [1.807, 2.05) is 0 Å². The highest BCUT2D eigenvalue weighted by Gasteiger charge is 2.30. The highest BCUT2D eigenvalue weighted by Crippen LogP contribution is 2.45. The quantitative estimate of drug-likeness (QED) is 0.0222. The van der Waals surface area contributed by atoms with E-state index >= 15 is 0 Å². The van der Waals surface area contributed by atoms with E-state index in [4.69, 9.17) is 37.0 Å². The number of hydrogen-bond acceptors (Lipinski definition) is 15. The van der Waals surface area contributed by atoms with E-state index in [1.165, 1.54) is 193 Å². The Morgan fingerprint density at radius 3 is 0.740 bits per heavy atom. The van der Waals surface area contributed by atoms with Gasteiger partial charge in [0.25, 0.3) is 0 Å². The Hall–Kier alpha value is -1.94. The highest BCUT2D eigenvalue weighted by atomic mass is 31.2. The van der Waals surface area contributed by atoms with Crippen LogP contribution in [0.15, 0.2) is 0 Å². The number of esters is 4. The molecule has 0 spiro atoms. The molecule has 0 aliphatic carbocycles. The summed E-state index contributed by atoms with van der Waals surface area (Å²) < 4.78 is 68.6. The molecule has 6 atom stereocenters. The molecular weight excluding hydrogens is 1260 g/mol. The summed E-state index contributed by atoms with van der Waals surface area (Å²) >= 11 is 0. The fourth-order valence-electron chi connectivity index (χ4n) is 11.7. The molecule has 96 heavy (non-hydrogen) atoms. The average Bonchev–Trinajstić information content (AvgIpc) is 1.43. The van der Waals surface area contributed by atoms with Gasteiger partial charge >= 0.3 is 39.5 Å². The molecule has 19 heteroatoms. The molecule has 0 aliphatic heterocycles. The van der Waals surface area contributed by atoms with Crippen molar-refractivity contribution in [2.45, 2.75) is 408 Å². The van der Waals surface area contributed by atoms with Crippen LogP contribution in [0.3, 0.4) is 0 Å². The molecule has 4 unspecified atom stereocenters. The van der Waals surface area contributed by atoms with Crippen molar-refractivity contribution in [3.8, 4) is 0 Å². The fourth-order valence-corrected chi connectivity index (χ4v) is 13.3. The van der Waals surface area contributed by atoms with Gasteiger partial charge in [-0.25, -0.2) is 9.13 Å². The third-order valence-corrected chi connectivity index (χ3v) is 20.1. The van der Waals surface area contributed by atoms with Gasteiger partial charge in [-0.1, -0.05) is 338 Å². The van der Waals surface area contributed by atoms with E-state index in [0.29, 0.717) is 25.7 Å². The van der Waals surface area contributed by atoms with Crippen molar-refractivity contribution in [2.75, 3.05) is 39.6 Å². The van der Waals surface area contributed by atoms with Gasteiger partial charge in [-0.3, -0.25) is 37.3 Å². The first-order valence-electron chi connectivity index (χ1n) is 39.7. The first kappa shape index (κ1) is 94.1. The Bertz CT molecular complexity index is 1890. The van der Waals surface area contributed by atoms with Crippen LogP contribution in [0.5, 0.6) is 0 Å². The van der Waals surface area contributed by atoms with Gasteiger partial charge in [0.05, 0.1) is 26.4 Å². The van der Waals surface area contributed by atoms with Crippen LogP contribution >= 0.6 is 15.6 Å². The van der Waals surface area contributed by atoms with Crippen LogP contribution in [0.1, 0.15) is 389 Å². The van der Waals surface area contributed by atoms with E-state index in [-0.39, 0.29) is 25.7 Å². The normalized spacial score (nSPS) is 14.4. The molecule has 17 nitrogen and oxygen atoms in total. The van der Waals surface area contributed by atoms with Gasteiger partial charge in [0.2, 0.25) is 0 Å². The Morgan fingerprint density at radius 2 is 0.500 bits per heavy atom. The lowest BCUT2D eigenvalue weighted by atomic mass is 9.99. The van der Waals surface area contributed by atoms with Crippen LogP contribution in [0, 0.1) is 23.7 Å². The fraction of sp³-hybridized carbons (Fsp3) is 0.948. The lowest BCUT2D eigenvalue weighted by molar-refractivity contribution is -0.161. The molecule has 0 aromatic carbocycles. The van der Waals surface area contributed by atoms with Gasteiger partial charge in [0, 0.05) is 25.7 Å². The first-order valence-corrected chi connectivity index (χ1v) is 42.7. The van der Waals surface area contributed by atoms with Crippen molar-refractivity contribution in [3.05, 3.63) is 0 Å². The molecule has 570 valence electrons. The summed E-state index contributed by atoms with van der Waals surface area (Å²) in [6.07, 6.45) is 51.3. The number of ether oxygens (including phenoxy) is 4. The van der Waals surface area contributed by atoms with E-state index < -0.39 is 97.5 Å². The molecule has 0 radical (unpaired) electrons. The summed E-state index contributed by atoms with van der Waals surface area (Å²) in [4.78, 5) is 72.8. The molecule has 0 amide bonds. The standard InChI is InChI=1S/C77H150O17P2/c1-9-70(8)56-48-40-32-22-18-14-10-11-15-20-24-35-43-51-59-76(81)93-72(63-87-74(79)57-49-41-33-23-19-16-12-13-17-21-29-37-45-53-67(2)3)65-91-95(83,84)89-61-71(78)62-90-96(85,86)92-66-73(94-77(82)60-52-44-36-28-26-31-39-47-55-69(6)7)64-88-75(80)58-50-42-34-27-25-30-38-46-54-68(4)5/h67-73,78H,9-66H2,1-8H3,(H,83,84)(H,85,86)/t70?,71?,72-,73-/m1/s1. The zero-order chi connectivity index (χ0) is 71.0. The maximum Gasteiger partial charge on any atom is 0.472 e. The van der Waals surface area contributed by atoms with Crippen molar-refractivity contribution in [1.82, 2.24) is 0 Å². The minimum atomic E-state index is -4.96. The third-order valence-electron chi connectivity index (χ3n) is 18.2. The van der Waals surface area contributed by atoms with Crippen molar-refractivity contribution < 1.29 is 80.2 Å². The van der Waals surface area contributed by atoms with Crippen LogP contribution in [-0.4, -0.2) is 96.7 Å². The Morgan fingerprint density at radius 1 is 0.292 bits per heavy atom. The molecule has 0 saturated carbocycles. The maximum absolute atomic E-state index is 13.1. The molecule has 0 aromatic rings. The Kier molecular flexibility index (Phi) is 65.0. The summed E-state index contributed by atoms with van der Waals surface area (Å²) in [6.45, 7) is 14.2. The zero-order valence-electron chi connectivity index (χ0n) is 63.0. The molecule has 0 bridgehead atoms. The van der Waals surface area contributed by atoms with Gasteiger partial charge in [0.1, 0.15) is 19.3 Å². The second-order valence-corrected chi connectivity index (χ2v) is 32.3. The number of aliphatic hydroxyl groups excluding tert-OH is 1. The summed E-state index contributed by atoms with van der Waals surface area (Å²) in [5.74, 6) is 0.961. The topological polar surface area (TPSA) is 237 Å². The SMILES string of the molecule is CCC(C)CCCCCCCCCCCCCCCCC(=O)O[C@H](COC(=O)CCCCCCCCCCCCCCCC(C)C)COP(=O)(O)OCC(O)COP(=O)(O)OC[C@@H](COC(=O)CCCCCCCCCCC(C)C)OC(=O)CCCCCCCCCCC(C)C. The van der Waals surface area contributed by atoms with Crippen LogP contribution in [0.25, 0.3) is 0 Å². The van der Waals surface area contributed by atoms with Gasteiger partial charge < -0.3 is 33.8 Å². The molecule has 0 saturated heterocycles. The molecule has 0 heterocycles. The molecule has 0 rings (SSSR count). The second kappa shape index (κ2) is 66.3. The molecular formula is C77H150O17P2. The smallest absolute Gasteiger partial charge is 0.462 e. The number of aliphatic hydroxyl groups is 1. The lowest BCUT2D eigenvalue weighted by Crippen LogP contribution is -2.30. The van der Waals surface area contributed by atoms with Gasteiger partial charge in [-0.2, -0.15) is 0 Å². The van der Waals surface area contributed by atoms with Crippen molar-refractivity contribution in [2.24, 2.45) is 23.7 Å². The van der Waals surface area contributed by atoms with Crippen molar-refractivity contribution in [3.63, 3.8) is 0 Å². The Balaban J connectivity index is 5.25. The van der Waals surface area contributed by atoms with Crippen LogP contribution < -0.4 is 0 Å². The van der Waals surface area contributed by atoms with Gasteiger partial charge in [0.15, 0.2) is 12.2 Å². The predicted octanol–water partition coefficient (Wildman–Crippen LogP) is 22.4. The van der Waals surface area contributed by atoms with Crippen LogP contribution in [0.2, 0.25) is 0 Å². The van der Waals surface area contributed by atoms with Gasteiger partial charge in [-0.15, -0.1) is 0 Å². The Labute approximate surface area is 588 Å². The lowest BCUT2D eigenvalue weighted by Gasteiger charge is -2.21. The average molecular weight is 1410 g/mol. The zero-order valence-corrected chi connectivity index (χ0v) is 64.8.